The number of rotatable bonds is 5. The standard InChI is InChI=1S/C28H32N4O5/c1-3-28(37-17-33)13-25(34)36-16-21-22(28)12-24-26-20(15-32(24)27(21)35)19(14-31-10-8-30(2)9-11-31)18-6-4-5-7-23(18)29-26/h4-7,12,33H,3,8-11,13-17H2,1-2H3. The van der Waals surface area contributed by atoms with Crippen LogP contribution in [0.3, 0.4) is 0 Å². The van der Waals surface area contributed by atoms with Crippen molar-refractivity contribution in [2.24, 2.45) is 0 Å². The van der Waals surface area contributed by atoms with Crippen LogP contribution >= 0.6 is 0 Å². The Morgan fingerprint density at radius 2 is 1.92 bits per heavy atom. The molecular formula is C28H32N4O5. The fourth-order valence-electron chi connectivity index (χ4n) is 6.06. The highest BCUT2D eigenvalue weighted by molar-refractivity contribution is 5.88. The third kappa shape index (κ3) is 3.97. The summed E-state index contributed by atoms with van der Waals surface area (Å²) in [5.41, 5.74) is 4.38. The summed E-state index contributed by atoms with van der Waals surface area (Å²) in [6.45, 7) is 6.48. The number of aliphatic hydroxyl groups is 1. The second-order valence-corrected chi connectivity index (χ2v) is 10.3. The van der Waals surface area contributed by atoms with Crippen LogP contribution < -0.4 is 5.56 Å². The van der Waals surface area contributed by atoms with Gasteiger partial charge in [0.2, 0.25) is 0 Å². The summed E-state index contributed by atoms with van der Waals surface area (Å²) in [7, 11) is 2.15. The average Bonchev–Trinajstić information content (AvgIpc) is 3.20. The number of pyridine rings is 2. The molecule has 0 amide bonds. The molecule has 0 aliphatic carbocycles. The average molecular weight is 505 g/mol. The van der Waals surface area contributed by atoms with E-state index in [4.69, 9.17) is 14.5 Å². The highest BCUT2D eigenvalue weighted by atomic mass is 16.6. The van der Waals surface area contributed by atoms with Gasteiger partial charge in [-0.2, -0.15) is 0 Å². The number of cyclic esters (lactones) is 1. The van der Waals surface area contributed by atoms with E-state index in [2.05, 4.69) is 22.9 Å². The second kappa shape index (κ2) is 9.33. The quantitative estimate of drug-likeness (QED) is 0.326. The van der Waals surface area contributed by atoms with E-state index in [9.17, 15) is 14.7 Å². The lowest BCUT2D eigenvalue weighted by Gasteiger charge is -2.33. The molecular weight excluding hydrogens is 472 g/mol. The van der Waals surface area contributed by atoms with Crippen molar-refractivity contribution in [1.29, 1.82) is 0 Å². The zero-order valence-corrected chi connectivity index (χ0v) is 21.3. The van der Waals surface area contributed by atoms with Gasteiger partial charge in [0.15, 0.2) is 0 Å². The summed E-state index contributed by atoms with van der Waals surface area (Å²) in [6, 6.07) is 10.1. The van der Waals surface area contributed by atoms with E-state index in [1.807, 2.05) is 31.2 Å². The van der Waals surface area contributed by atoms with Crippen LogP contribution in [-0.2, 0) is 39.6 Å². The van der Waals surface area contributed by atoms with Gasteiger partial charge in [-0.05, 0) is 36.7 Å². The first kappa shape index (κ1) is 24.2. The lowest BCUT2D eigenvalue weighted by molar-refractivity contribution is -0.161. The number of para-hydroxylation sites is 1. The number of hydrogen-bond acceptors (Lipinski definition) is 8. The van der Waals surface area contributed by atoms with E-state index < -0.39 is 18.4 Å². The monoisotopic (exact) mass is 504 g/mol. The smallest absolute Gasteiger partial charge is 0.309 e. The van der Waals surface area contributed by atoms with Crippen LogP contribution in [-0.4, -0.2) is 70.4 Å². The topological polar surface area (TPSA) is 97.1 Å². The van der Waals surface area contributed by atoms with Gasteiger partial charge >= 0.3 is 5.97 Å². The Labute approximate surface area is 215 Å². The Morgan fingerprint density at radius 3 is 2.68 bits per heavy atom. The number of carbonyl (C=O) groups is 1. The van der Waals surface area contributed by atoms with Crippen molar-refractivity contribution in [3.05, 3.63) is 62.9 Å². The molecule has 1 aromatic carbocycles. The number of hydrogen-bond donors (Lipinski definition) is 1. The molecule has 6 rings (SSSR count). The number of nitrogens with zero attached hydrogens (tertiary/aromatic N) is 4. The van der Waals surface area contributed by atoms with Gasteiger partial charge in [-0.1, -0.05) is 25.1 Å². The Balaban J connectivity index is 1.54. The second-order valence-electron chi connectivity index (χ2n) is 10.3. The van der Waals surface area contributed by atoms with E-state index in [1.54, 1.807) is 4.57 Å². The predicted octanol–water partition coefficient (Wildman–Crippen LogP) is 2.19. The Kier molecular flexibility index (Phi) is 6.11. The van der Waals surface area contributed by atoms with Gasteiger partial charge in [-0.25, -0.2) is 4.98 Å². The zero-order valence-electron chi connectivity index (χ0n) is 21.3. The number of fused-ring (bicyclic) bond motifs is 5. The van der Waals surface area contributed by atoms with Crippen LogP contribution in [0.1, 0.15) is 42.0 Å². The molecule has 0 radical (unpaired) electrons. The third-order valence-electron chi connectivity index (χ3n) is 8.26. The van der Waals surface area contributed by atoms with Crippen molar-refractivity contribution < 1.29 is 19.4 Å². The summed E-state index contributed by atoms with van der Waals surface area (Å²) in [5, 5.41) is 10.8. The molecule has 9 nitrogen and oxygen atoms in total. The molecule has 0 saturated carbocycles. The van der Waals surface area contributed by atoms with Gasteiger partial charge in [-0.15, -0.1) is 0 Å². The maximum Gasteiger partial charge on any atom is 0.309 e. The number of aromatic nitrogens is 2. The molecule has 3 aliphatic heterocycles. The van der Waals surface area contributed by atoms with Gasteiger partial charge in [0.25, 0.3) is 5.56 Å². The number of piperazine rings is 1. The van der Waals surface area contributed by atoms with Crippen molar-refractivity contribution in [1.82, 2.24) is 19.4 Å². The first-order chi connectivity index (χ1) is 17.9. The molecule has 2 aromatic heterocycles. The molecule has 0 spiro atoms. The van der Waals surface area contributed by atoms with Crippen molar-refractivity contribution in [2.45, 2.75) is 45.1 Å². The minimum Gasteiger partial charge on any atom is -0.460 e. The zero-order chi connectivity index (χ0) is 25.7. The molecule has 1 fully saturated rings. The van der Waals surface area contributed by atoms with Crippen molar-refractivity contribution in [2.75, 3.05) is 40.0 Å². The first-order valence-electron chi connectivity index (χ1n) is 12.9. The molecule has 0 bridgehead atoms. The molecule has 5 heterocycles. The van der Waals surface area contributed by atoms with E-state index in [0.717, 1.165) is 60.6 Å². The number of likely N-dealkylation sites (N-methyl/N-ethyl adjacent to an activating group) is 1. The van der Waals surface area contributed by atoms with Gasteiger partial charge < -0.3 is 24.0 Å². The van der Waals surface area contributed by atoms with Gasteiger partial charge in [0, 0.05) is 43.7 Å². The third-order valence-corrected chi connectivity index (χ3v) is 8.26. The van der Waals surface area contributed by atoms with Crippen LogP contribution in [0.2, 0.25) is 0 Å². The molecule has 1 atom stereocenters. The summed E-state index contributed by atoms with van der Waals surface area (Å²) in [5.74, 6) is -0.449. The molecule has 3 aromatic rings. The number of ether oxygens (including phenoxy) is 2. The number of benzene rings is 1. The molecule has 194 valence electrons. The minimum absolute atomic E-state index is 0.0629. The van der Waals surface area contributed by atoms with Crippen LogP contribution in [0.25, 0.3) is 22.3 Å². The Morgan fingerprint density at radius 1 is 1.14 bits per heavy atom. The molecule has 1 N–H and O–H groups in total. The van der Waals surface area contributed by atoms with Crippen molar-refractivity contribution in [3.8, 4) is 11.4 Å². The van der Waals surface area contributed by atoms with Gasteiger partial charge in [0.1, 0.15) is 19.0 Å². The maximum absolute atomic E-state index is 13.9. The van der Waals surface area contributed by atoms with E-state index in [0.29, 0.717) is 24.1 Å². The minimum atomic E-state index is -1.13. The van der Waals surface area contributed by atoms with E-state index in [-0.39, 0.29) is 18.6 Å². The van der Waals surface area contributed by atoms with Crippen LogP contribution in [0.4, 0.5) is 0 Å². The normalized spacial score (nSPS) is 21.9. The summed E-state index contributed by atoms with van der Waals surface area (Å²) in [4.78, 5) is 36.2. The maximum atomic E-state index is 13.9. The van der Waals surface area contributed by atoms with Crippen molar-refractivity contribution in [3.63, 3.8) is 0 Å². The summed E-state index contributed by atoms with van der Waals surface area (Å²) >= 11 is 0. The molecule has 1 unspecified atom stereocenters. The lowest BCUT2D eigenvalue weighted by atomic mass is 9.85. The Hall–Kier alpha value is -3.11. The Bertz CT molecular complexity index is 1440. The highest BCUT2D eigenvalue weighted by Gasteiger charge is 2.42. The predicted molar refractivity (Wildman–Crippen MR) is 138 cm³/mol. The fourth-order valence-corrected chi connectivity index (χ4v) is 6.06. The number of aliphatic hydroxyl groups excluding tert-OH is 1. The molecule has 37 heavy (non-hydrogen) atoms. The molecule has 1 saturated heterocycles. The van der Waals surface area contributed by atoms with Gasteiger partial charge in [0.05, 0.1) is 35.4 Å². The fraction of sp³-hybridized carbons (Fsp3) is 0.464. The van der Waals surface area contributed by atoms with Crippen LogP contribution in [0, 0.1) is 0 Å². The lowest BCUT2D eigenvalue weighted by Crippen LogP contribution is -2.44. The SMILES string of the molecule is CCC1(OCO)CC(=O)OCc2c1cc1n(c2=O)Cc2c-1nc1ccccc1c2CN1CCN(C)CC1. The van der Waals surface area contributed by atoms with E-state index in [1.165, 1.54) is 5.56 Å². The largest absolute Gasteiger partial charge is 0.460 e. The van der Waals surface area contributed by atoms with Crippen molar-refractivity contribution >= 4 is 16.9 Å². The number of carbonyl (C=O) groups excluding carboxylic acids is 1. The summed E-state index contributed by atoms with van der Waals surface area (Å²) < 4.78 is 12.9. The molecule has 9 heteroatoms. The van der Waals surface area contributed by atoms with E-state index >= 15 is 0 Å². The van der Waals surface area contributed by atoms with Gasteiger partial charge in [-0.3, -0.25) is 14.5 Å². The molecule has 3 aliphatic rings. The first-order valence-corrected chi connectivity index (χ1v) is 12.9. The van der Waals surface area contributed by atoms with Crippen LogP contribution in [0.5, 0.6) is 0 Å². The summed E-state index contributed by atoms with van der Waals surface area (Å²) in [6.07, 6.45) is 0.345. The highest BCUT2D eigenvalue weighted by Crippen LogP contribution is 2.42. The van der Waals surface area contributed by atoms with Crippen LogP contribution in [0.15, 0.2) is 35.1 Å². The number of esters is 1.